The number of nitrogens with one attached hydrogen (secondary N) is 1. The predicted octanol–water partition coefficient (Wildman–Crippen LogP) is 3.16. The molecule has 0 radical (unpaired) electrons. The Morgan fingerprint density at radius 3 is 2.68 bits per heavy atom. The molecule has 0 atom stereocenters. The Kier molecular flexibility index (Phi) is 4.88. The SMILES string of the molecule is Cc1ccc(CCC(=O)Nc2cccc(-n3nnnc3C)c2)c(C)c1. The van der Waals surface area contributed by atoms with Gasteiger partial charge in [-0.05, 0) is 66.9 Å². The Labute approximate surface area is 146 Å². The number of rotatable bonds is 5. The molecule has 0 bridgehead atoms. The number of aryl methyl sites for hydroxylation is 4. The number of benzene rings is 2. The Morgan fingerprint density at radius 1 is 1.12 bits per heavy atom. The standard InChI is InChI=1S/C19H21N5O/c1-13-7-8-16(14(2)11-13)9-10-19(25)20-17-5-4-6-18(12-17)24-15(3)21-22-23-24/h4-8,11-12H,9-10H2,1-3H3,(H,20,25). The van der Waals surface area contributed by atoms with Crippen molar-refractivity contribution >= 4 is 11.6 Å². The zero-order valence-corrected chi connectivity index (χ0v) is 14.7. The second kappa shape index (κ2) is 7.25. The predicted molar refractivity (Wildman–Crippen MR) is 96.8 cm³/mol. The van der Waals surface area contributed by atoms with Crippen LogP contribution in [0.4, 0.5) is 5.69 Å². The smallest absolute Gasteiger partial charge is 0.224 e. The third-order valence-electron chi connectivity index (χ3n) is 4.12. The number of hydrogen-bond acceptors (Lipinski definition) is 4. The van der Waals surface area contributed by atoms with E-state index in [2.05, 4.69) is 52.9 Å². The molecule has 0 saturated heterocycles. The summed E-state index contributed by atoms with van der Waals surface area (Å²) in [7, 11) is 0. The number of nitrogens with zero attached hydrogens (tertiary/aromatic N) is 4. The minimum Gasteiger partial charge on any atom is -0.326 e. The lowest BCUT2D eigenvalue weighted by Crippen LogP contribution is -2.13. The highest BCUT2D eigenvalue weighted by molar-refractivity contribution is 5.91. The minimum absolute atomic E-state index is 0.00874. The summed E-state index contributed by atoms with van der Waals surface area (Å²) in [4.78, 5) is 12.3. The molecule has 6 heteroatoms. The Bertz CT molecular complexity index is 900. The van der Waals surface area contributed by atoms with Gasteiger partial charge in [-0.2, -0.15) is 4.68 Å². The number of carbonyl (C=O) groups excluding carboxylic acids is 1. The summed E-state index contributed by atoms with van der Waals surface area (Å²) < 4.78 is 1.63. The second-order valence-electron chi connectivity index (χ2n) is 6.17. The molecule has 3 aromatic rings. The van der Waals surface area contributed by atoms with Crippen molar-refractivity contribution in [2.24, 2.45) is 0 Å². The lowest BCUT2D eigenvalue weighted by atomic mass is 10.0. The van der Waals surface area contributed by atoms with Crippen LogP contribution in [0, 0.1) is 20.8 Å². The molecule has 0 unspecified atom stereocenters. The van der Waals surface area contributed by atoms with Gasteiger partial charge >= 0.3 is 0 Å². The molecular weight excluding hydrogens is 314 g/mol. The largest absolute Gasteiger partial charge is 0.326 e. The second-order valence-corrected chi connectivity index (χ2v) is 6.17. The molecule has 3 rings (SSSR count). The first-order chi connectivity index (χ1) is 12.0. The summed E-state index contributed by atoms with van der Waals surface area (Å²) in [5.74, 6) is 0.684. The molecule has 0 aliphatic rings. The van der Waals surface area contributed by atoms with Crippen molar-refractivity contribution in [3.8, 4) is 5.69 Å². The first-order valence-electron chi connectivity index (χ1n) is 8.24. The van der Waals surface area contributed by atoms with Gasteiger partial charge in [0.1, 0.15) is 0 Å². The van der Waals surface area contributed by atoms with E-state index < -0.39 is 0 Å². The quantitative estimate of drug-likeness (QED) is 0.777. The maximum absolute atomic E-state index is 12.3. The van der Waals surface area contributed by atoms with E-state index in [-0.39, 0.29) is 5.91 Å². The van der Waals surface area contributed by atoms with Gasteiger partial charge in [-0.3, -0.25) is 4.79 Å². The summed E-state index contributed by atoms with van der Waals surface area (Å²) in [6.45, 7) is 5.98. The van der Waals surface area contributed by atoms with Gasteiger partial charge in [0.25, 0.3) is 0 Å². The van der Waals surface area contributed by atoms with Gasteiger partial charge in [0.2, 0.25) is 5.91 Å². The van der Waals surface area contributed by atoms with Crippen LogP contribution in [-0.2, 0) is 11.2 Å². The third kappa shape index (κ3) is 4.09. The van der Waals surface area contributed by atoms with Crippen molar-refractivity contribution in [2.75, 3.05) is 5.32 Å². The van der Waals surface area contributed by atoms with E-state index in [1.165, 1.54) is 16.7 Å². The lowest BCUT2D eigenvalue weighted by Gasteiger charge is -2.09. The first kappa shape index (κ1) is 16.8. The van der Waals surface area contributed by atoms with Gasteiger partial charge in [0.05, 0.1) is 5.69 Å². The van der Waals surface area contributed by atoms with Gasteiger partial charge in [-0.25, -0.2) is 0 Å². The fraction of sp³-hybridized carbons (Fsp3) is 0.263. The van der Waals surface area contributed by atoms with Crippen molar-refractivity contribution in [1.29, 1.82) is 0 Å². The summed E-state index contributed by atoms with van der Waals surface area (Å²) in [5, 5.41) is 14.4. The number of amides is 1. The van der Waals surface area contributed by atoms with Crippen molar-refractivity contribution < 1.29 is 4.79 Å². The highest BCUT2D eigenvalue weighted by Crippen LogP contribution is 2.16. The molecule has 0 aliphatic heterocycles. The molecule has 0 saturated carbocycles. The van der Waals surface area contributed by atoms with Crippen LogP contribution in [0.25, 0.3) is 5.69 Å². The monoisotopic (exact) mass is 335 g/mol. The lowest BCUT2D eigenvalue weighted by molar-refractivity contribution is -0.116. The molecule has 0 spiro atoms. The minimum atomic E-state index is -0.00874. The van der Waals surface area contributed by atoms with E-state index in [4.69, 9.17) is 0 Å². The van der Waals surface area contributed by atoms with Crippen LogP contribution in [0.1, 0.15) is 28.9 Å². The van der Waals surface area contributed by atoms with Crippen molar-refractivity contribution in [3.05, 3.63) is 65.0 Å². The summed E-state index contributed by atoms with van der Waals surface area (Å²) >= 11 is 0. The van der Waals surface area contributed by atoms with E-state index >= 15 is 0 Å². The molecule has 1 amide bonds. The number of anilines is 1. The van der Waals surface area contributed by atoms with E-state index in [9.17, 15) is 4.79 Å². The summed E-state index contributed by atoms with van der Waals surface area (Å²) in [6, 6.07) is 13.8. The number of carbonyl (C=O) groups is 1. The zero-order valence-electron chi connectivity index (χ0n) is 14.7. The van der Waals surface area contributed by atoms with Gasteiger partial charge in [0.15, 0.2) is 5.82 Å². The third-order valence-corrected chi connectivity index (χ3v) is 4.12. The number of hydrogen-bond donors (Lipinski definition) is 1. The van der Waals surface area contributed by atoms with E-state index in [1.807, 2.05) is 31.2 Å². The molecule has 0 fully saturated rings. The average molecular weight is 335 g/mol. The number of tetrazole rings is 1. The zero-order chi connectivity index (χ0) is 17.8. The molecule has 25 heavy (non-hydrogen) atoms. The van der Waals surface area contributed by atoms with Crippen molar-refractivity contribution in [1.82, 2.24) is 20.2 Å². The molecule has 1 heterocycles. The van der Waals surface area contributed by atoms with E-state index in [0.29, 0.717) is 12.2 Å². The highest BCUT2D eigenvalue weighted by Gasteiger charge is 2.08. The van der Waals surface area contributed by atoms with Gasteiger partial charge in [-0.1, -0.05) is 29.8 Å². The Balaban J connectivity index is 1.64. The molecule has 0 aliphatic carbocycles. The maximum atomic E-state index is 12.3. The van der Waals surface area contributed by atoms with Crippen LogP contribution in [0.15, 0.2) is 42.5 Å². The molecule has 1 N–H and O–H groups in total. The Hall–Kier alpha value is -3.02. The van der Waals surface area contributed by atoms with Gasteiger partial charge in [0, 0.05) is 12.1 Å². The van der Waals surface area contributed by atoms with E-state index in [1.54, 1.807) is 4.68 Å². The highest BCUT2D eigenvalue weighted by atomic mass is 16.1. The first-order valence-corrected chi connectivity index (χ1v) is 8.24. The van der Waals surface area contributed by atoms with Gasteiger partial charge in [-0.15, -0.1) is 5.10 Å². The van der Waals surface area contributed by atoms with Crippen LogP contribution in [-0.4, -0.2) is 26.1 Å². The molecular formula is C19H21N5O. The van der Waals surface area contributed by atoms with Gasteiger partial charge < -0.3 is 5.32 Å². The fourth-order valence-corrected chi connectivity index (χ4v) is 2.78. The maximum Gasteiger partial charge on any atom is 0.224 e. The number of aromatic nitrogens is 4. The summed E-state index contributed by atoms with van der Waals surface area (Å²) in [5.41, 5.74) is 5.22. The average Bonchev–Trinajstić information content (AvgIpc) is 3.00. The van der Waals surface area contributed by atoms with Crippen LogP contribution in [0.3, 0.4) is 0 Å². The van der Waals surface area contributed by atoms with Crippen LogP contribution < -0.4 is 5.32 Å². The molecule has 6 nitrogen and oxygen atoms in total. The topological polar surface area (TPSA) is 72.7 Å². The normalized spacial score (nSPS) is 10.7. The molecule has 128 valence electrons. The molecule has 1 aromatic heterocycles. The summed E-state index contributed by atoms with van der Waals surface area (Å²) in [6.07, 6.45) is 1.17. The van der Waals surface area contributed by atoms with Crippen LogP contribution >= 0.6 is 0 Å². The van der Waals surface area contributed by atoms with Crippen molar-refractivity contribution in [3.63, 3.8) is 0 Å². The Morgan fingerprint density at radius 2 is 1.96 bits per heavy atom. The van der Waals surface area contributed by atoms with E-state index in [0.717, 1.165) is 17.8 Å². The fourth-order valence-electron chi connectivity index (χ4n) is 2.78. The van der Waals surface area contributed by atoms with Crippen molar-refractivity contribution in [2.45, 2.75) is 33.6 Å². The molecule has 2 aromatic carbocycles. The van der Waals surface area contributed by atoms with Crippen LogP contribution in [0.5, 0.6) is 0 Å². The van der Waals surface area contributed by atoms with Crippen LogP contribution in [0.2, 0.25) is 0 Å².